The van der Waals surface area contributed by atoms with Crippen LogP contribution in [0.5, 0.6) is 17.2 Å². The smallest absolute Gasteiger partial charge is 0.330 e. The fourth-order valence-corrected chi connectivity index (χ4v) is 4.59. The van der Waals surface area contributed by atoms with Crippen LogP contribution in [0.25, 0.3) is 0 Å². The first-order valence-electron chi connectivity index (χ1n) is 11.1. The van der Waals surface area contributed by atoms with Gasteiger partial charge in [-0.15, -0.1) is 0 Å². The summed E-state index contributed by atoms with van der Waals surface area (Å²) in [4.78, 5) is 26.8. The molecule has 3 rings (SSSR count). The lowest BCUT2D eigenvalue weighted by Gasteiger charge is -2.18. The summed E-state index contributed by atoms with van der Waals surface area (Å²) < 4.78 is 28.6. The third kappa shape index (κ3) is 6.21. The van der Waals surface area contributed by atoms with Gasteiger partial charge in [0.15, 0.2) is 17.7 Å². The summed E-state index contributed by atoms with van der Waals surface area (Å²) >= 11 is 0. The lowest BCUT2D eigenvalue weighted by Crippen LogP contribution is -2.39. The monoisotopic (exact) mass is 513 g/mol. The van der Waals surface area contributed by atoms with Crippen LogP contribution in [0.2, 0.25) is 0 Å². The van der Waals surface area contributed by atoms with E-state index in [0.717, 1.165) is 16.3 Å². The minimum Gasteiger partial charge on any atom is -0.493 e. The molecular weight excluding hydrogens is 481 g/mol. The second kappa shape index (κ2) is 12.5. The first kappa shape index (κ1) is 27.1. The molecule has 1 aromatic heterocycles. The second-order valence-corrected chi connectivity index (χ2v) is 9.01. The number of hydrogen-bond donors (Lipinski definition) is 4. The van der Waals surface area contributed by atoms with Gasteiger partial charge in [0.2, 0.25) is 5.75 Å². The molecule has 1 fully saturated rings. The van der Waals surface area contributed by atoms with Gasteiger partial charge in [0.1, 0.15) is 18.3 Å². The Hall–Kier alpha value is -2.47. The molecule has 1 aliphatic heterocycles. The predicted molar refractivity (Wildman–Crippen MR) is 129 cm³/mol. The van der Waals surface area contributed by atoms with Gasteiger partial charge >= 0.3 is 5.69 Å². The molecule has 0 amide bonds. The molecule has 1 saturated heterocycles. The zero-order valence-electron chi connectivity index (χ0n) is 19.9. The fourth-order valence-electron chi connectivity index (χ4n) is 3.80. The van der Waals surface area contributed by atoms with Gasteiger partial charge < -0.3 is 39.4 Å². The van der Waals surface area contributed by atoms with Crippen molar-refractivity contribution < 1.29 is 33.7 Å². The lowest BCUT2D eigenvalue weighted by atomic mass is 10.1. The Morgan fingerprint density at radius 1 is 1.09 bits per heavy atom. The zero-order valence-corrected chi connectivity index (χ0v) is 20.9. The number of aromatic nitrogens is 2. The Labute approximate surface area is 203 Å². The highest BCUT2D eigenvalue weighted by Gasteiger charge is 2.44. The molecule has 13 heteroatoms. The Bertz CT molecular complexity index is 1080. The Morgan fingerprint density at radius 3 is 2.37 bits per heavy atom. The number of H-pyrrole nitrogens is 1. The molecule has 0 saturated carbocycles. The number of nitrogens with two attached hydrogens (primary N) is 1. The van der Waals surface area contributed by atoms with E-state index in [0.29, 0.717) is 42.2 Å². The van der Waals surface area contributed by atoms with Crippen LogP contribution in [0.4, 0.5) is 0 Å². The van der Waals surface area contributed by atoms with Crippen molar-refractivity contribution in [2.45, 2.75) is 43.8 Å². The normalized spacial score (nSPS) is 22.1. The number of aromatic amines is 1. The van der Waals surface area contributed by atoms with Crippen molar-refractivity contribution in [1.29, 1.82) is 0 Å². The van der Waals surface area contributed by atoms with Crippen LogP contribution in [-0.2, 0) is 15.7 Å². The van der Waals surface area contributed by atoms with E-state index in [2.05, 4.69) is 4.98 Å². The maximum absolute atomic E-state index is 12.4. The van der Waals surface area contributed by atoms with Crippen LogP contribution in [0.3, 0.4) is 0 Å². The Morgan fingerprint density at radius 2 is 1.77 bits per heavy atom. The van der Waals surface area contributed by atoms with Crippen LogP contribution in [0.1, 0.15) is 24.6 Å². The third-order valence-electron chi connectivity index (χ3n) is 5.66. The van der Waals surface area contributed by atoms with E-state index in [1.807, 2.05) is 0 Å². The van der Waals surface area contributed by atoms with E-state index < -0.39 is 35.8 Å². The topological polar surface area (TPSA) is 167 Å². The van der Waals surface area contributed by atoms with Crippen LogP contribution < -0.4 is 36.5 Å². The molecule has 2 heterocycles. The summed E-state index contributed by atoms with van der Waals surface area (Å²) in [5.74, 6) is 1.41. The number of aliphatic hydroxyl groups excluding tert-OH is 2. The Balaban J connectivity index is 1.69. The molecule has 0 aliphatic carbocycles. The van der Waals surface area contributed by atoms with E-state index in [1.165, 1.54) is 27.5 Å². The number of methoxy groups -OCH3 is 3. The molecule has 0 bridgehead atoms. The van der Waals surface area contributed by atoms with Crippen molar-refractivity contribution in [2.75, 3.05) is 34.5 Å². The maximum atomic E-state index is 12.4. The van der Waals surface area contributed by atoms with Gasteiger partial charge in [-0.25, -0.2) is 4.79 Å². The first-order valence-corrected chi connectivity index (χ1v) is 12.0. The standard InChI is InChI=1S/C22H32N3O9P/c1-30-14-8-13(9-15(31-2)19(14)32-3)35-33-11-16-17(26)18(27)21(34-16)25-10-12(6-4-5-7-23)20(28)24-22(25)29/h8-10,16-18,21,26-27,35H,4-7,11,23H2,1-3H3,(H,24,28,29)/t16-,17?,18?,21-/m0/s1. The van der Waals surface area contributed by atoms with Gasteiger partial charge in [-0.1, -0.05) is 0 Å². The zero-order chi connectivity index (χ0) is 25.5. The van der Waals surface area contributed by atoms with Crippen LogP contribution in [0.15, 0.2) is 27.9 Å². The van der Waals surface area contributed by atoms with Crippen molar-refractivity contribution in [1.82, 2.24) is 9.55 Å². The fraction of sp³-hybridized carbons (Fsp3) is 0.545. The minimum atomic E-state index is -1.39. The van der Waals surface area contributed by atoms with Gasteiger partial charge in [0, 0.05) is 25.9 Å². The van der Waals surface area contributed by atoms with E-state index in [4.69, 9.17) is 29.2 Å². The highest BCUT2D eigenvalue weighted by molar-refractivity contribution is 7.41. The highest BCUT2D eigenvalue weighted by Crippen LogP contribution is 2.38. The van der Waals surface area contributed by atoms with Crippen LogP contribution >= 0.6 is 8.81 Å². The van der Waals surface area contributed by atoms with Crippen molar-refractivity contribution in [2.24, 2.45) is 5.73 Å². The number of unbranched alkanes of at least 4 members (excludes halogenated alkanes) is 1. The summed E-state index contributed by atoms with van der Waals surface area (Å²) in [6.07, 6.45) is -1.60. The average Bonchev–Trinajstić information content (AvgIpc) is 3.13. The van der Waals surface area contributed by atoms with Crippen LogP contribution in [0, 0.1) is 0 Å². The molecular formula is C22H32N3O9P. The molecule has 3 unspecified atom stereocenters. The number of nitrogens with one attached hydrogen (secondary N) is 1. The number of rotatable bonds is 12. The first-order chi connectivity index (χ1) is 16.8. The Kier molecular flexibility index (Phi) is 9.67. The minimum absolute atomic E-state index is 0.0503. The molecule has 5 N–H and O–H groups in total. The summed E-state index contributed by atoms with van der Waals surface area (Å²) in [6.45, 7) is 0.442. The molecule has 1 aliphatic rings. The van der Waals surface area contributed by atoms with Crippen molar-refractivity contribution in [3.63, 3.8) is 0 Å². The number of aryl methyl sites for hydroxylation is 1. The number of benzene rings is 1. The van der Waals surface area contributed by atoms with E-state index in [9.17, 15) is 19.8 Å². The summed E-state index contributed by atoms with van der Waals surface area (Å²) in [5.41, 5.74) is 4.63. The van der Waals surface area contributed by atoms with E-state index >= 15 is 0 Å². The van der Waals surface area contributed by atoms with Gasteiger partial charge in [0.25, 0.3) is 5.56 Å². The maximum Gasteiger partial charge on any atom is 0.330 e. The van der Waals surface area contributed by atoms with Gasteiger partial charge in [-0.05, 0) is 37.9 Å². The largest absolute Gasteiger partial charge is 0.493 e. The molecule has 35 heavy (non-hydrogen) atoms. The SMILES string of the molecule is COc1cc(POC[C@@H]2O[C@H](n3cc(CCCCN)c(=O)[nH]c3=O)C(O)C2O)cc(OC)c1OC. The quantitative estimate of drug-likeness (QED) is 0.212. The number of hydrogen-bond acceptors (Lipinski definition) is 10. The van der Waals surface area contributed by atoms with Crippen molar-refractivity contribution >= 4 is 14.1 Å². The van der Waals surface area contributed by atoms with Gasteiger partial charge in [-0.3, -0.25) is 14.3 Å². The molecule has 12 nitrogen and oxygen atoms in total. The third-order valence-corrected chi connectivity index (χ3v) is 6.49. The van der Waals surface area contributed by atoms with Crippen molar-refractivity contribution in [3.05, 3.63) is 44.7 Å². The number of nitrogens with zero attached hydrogens (tertiary/aromatic N) is 1. The second-order valence-electron chi connectivity index (χ2n) is 7.94. The molecule has 1 aromatic carbocycles. The average molecular weight is 513 g/mol. The molecule has 194 valence electrons. The molecule has 0 radical (unpaired) electrons. The predicted octanol–water partition coefficient (Wildman–Crippen LogP) is -0.601. The van der Waals surface area contributed by atoms with E-state index in [-0.39, 0.29) is 15.4 Å². The number of ether oxygens (including phenoxy) is 4. The van der Waals surface area contributed by atoms with Crippen molar-refractivity contribution in [3.8, 4) is 17.2 Å². The lowest BCUT2D eigenvalue weighted by molar-refractivity contribution is -0.0501. The number of aliphatic hydroxyl groups is 2. The summed E-state index contributed by atoms with van der Waals surface area (Å²) in [6, 6.07) is 3.49. The molecule has 2 aromatic rings. The molecule has 5 atom stereocenters. The van der Waals surface area contributed by atoms with Crippen LogP contribution in [-0.4, -0.2) is 72.6 Å². The van der Waals surface area contributed by atoms with Gasteiger partial charge in [-0.2, -0.15) is 0 Å². The van der Waals surface area contributed by atoms with Gasteiger partial charge in [0.05, 0.1) is 27.9 Å². The van der Waals surface area contributed by atoms with E-state index in [1.54, 1.807) is 12.1 Å². The summed E-state index contributed by atoms with van der Waals surface area (Å²) in [7, 11) is 4.38. The highest BCUT2D eigenvalue weighted by atomic mass is 31.1. The molecule has 0 spiro atoms. The summed E-state index contributed by atoms with van der Waals surface area (Å²) in [5, 5.41) is 21.8.